The molecule has 0 atom stereocenters. The predicted octanol–water partition coefficient (Wildman–Crippen LogP) is 6.44. The number of H-pyrrole nitrogens is 1. The third kappa shape index (κ3) is 4.56. The molecule has 3 aromatic carbocycles. The summed E-state index contributed by atoms with van der Waals surface area (Å²) >= 11 is 12.5. The van der Waals surface area contributed by atoms with Gasteiger partial charge in [-0.3, -0.25) is 5.41 Å². The van der Waals surface area contributed by atoms with E-state index in [-0.39, 0.29) is 12.3 Å². The summed E-state index contributed by atoms with van der Waals surface area (Å²) in [5, 5.41) is 9.86. The van der Waals surface area contributed by atoms with E-state index in [2.05, 4.69) is 27.0 Å². The van der Waals surface area contributed by atoms with Crippen molar-refractivity contribution in [3.05, 3.63) is 81.6 Å². The number of nitrogen functional groups attached to an aromatic ring is 1. The third-order valence-electron chi connectivity index (χ3n) is 6.16. The fourth-order valence-electron chi connectivity index (χ4n) is 4.26. The second kappa shape index (κ2) is 9.57. The Balaban J connectivity index is 1.38. The molecule has 34 heavy (non-hydrogen) atoms. The van der Waals surface area contributed by atoms with Crippen molar-refractivity contribution in [2.75, 3.05) is 23.7 Å². The highest BCUT2D eigenvalue weighted by Crippen LogP contribution is 2.29. The number of hydrogen-bond acceptors (Lipinski definition) is 5. The Bertz CT molecular complexity index is 1340. The van der Waals surface area contributed by atoms with E-state index < -0.39 is 0 Å². The molecule has 8 heteroatoms. The number of halogens is 2. The van der Waals surface area contributed by atoms with Gasteiger partial charge in [-0.1, -0.05) is 29.3 Å². The lowest BCUT2D eigenvalue weighted by Crippen LogP contribution is -2.29. The van der Waals surface area contributed by atoms with Gasteiger partial charge in [0.05, 0.1) is 11.0 Å². The minimum absolute atomic E-state index is 0.203. The van der Waals surface area contributed by atoms with Crippen LogP contribution in [0.4, 0.5) is 11.4 Å². The summed E-state index contributed by atoms with van der Waals surface area (Å²) in [4.78, 5) is 10.3. The Hall–Kier alpha value is -3.22. The van der Waals surface area contributed by atoms with Crippen molar-refractivity contribution >= 4 is 51.3 Å². The van der Waals surface area contributed by atoms with Gasteiger partial charge in [-0.25, -0.2) is 4.98 Å². The van der Waals surface area contributed by atoms with E-state index >= 15 is 0 Å². The standard InChI is InChI=1S/C26H25Cl2N5O/c27-20-5-4-6-21(28)19(20)15-34-17-8-9-22(29)18(14-17)25(30)26-31-23-10-7-16(13-24(23)32-26)33-11-2-1-3-12-33/h4-10,13-14,30H,1-3,11-12,15,29H2,(H,31,32). The molecule has 0 unspecified atom stereocenters. The molecule has 0 saturated carbocycles. The van der Waals surface area contributed by atoms with Crippen LogP contribution in [0.5, 0.6) is 5.75 Å². The number of aromatic nitrogens is 2. The molecular weight excluding hydrogens is 469 g/mol. The summed E-state index contributed by atoms with van der Waals surface area (Å²) in [6.07, 6.45) is 3.73. The first kappa shape index (κ1) is 22.6. The van der Waals surface area contributed by atoms with Gasteiger partial charge in [0.1, 0.15) is 18.1 Å². The second-order valence-electron chi connectivity index (χ2n) is 8.45. The summed E-state index contributed by atoms with van der Waals surface area (Å²) in [6.45, 7) is 2.36. The molecule has 1 saturated heterocycles. The van der Waals surface area contributed by atoms with Crippen LogP contribution in [0.2, 0.25) is 10.0 Å². The second-order valence-corrected chi connectivity index (χ2v) is 9.26. The van der Waals surface area contributed by atoms with Crippen LogP contribution in [-0.4, -0.2) is 28.8 Å². The molecule has 6 nitrogen and oxygen atoms in total. The lowest BCUT2D eigenvalue weighted by atomic mass is 10.1. The van der Waals surface area contributed by atoms with Crippen LogP contribution in [0.3, 0.4) is 0 Å². The van der Waals surface area contributed by atoms with Crippen LogP contribution in [0.25, 0.3) is 11.0 Å². The van der Waals surface area contributed by atoms with Crippen molar-refractivity contribution in [3.8, 4) is 5.75 Å². The molecule has 0 bridgehead atoms. The van der Waals surface area contributed by atoms with E-state index in [1.54, 1.807) is 36.4 Å². The minimum Gasteiger partial charge on any atom is -0.489 e. The monoisotopic (exact) mass is 493 g/mol. The van der Waals surface area contributed by atoms with Crippen molar-refractivity contribution < 1.29 is 4.74 Å². The summed E-state index contributed by atoms with van der Waals surface area (Å²) < 4.78 is 5.92. The quantitative estimate of drug-likeness (QED) is 0.213. The predicted molar refractivity (Wildman–Crippen MR) is 140 cm³/mol. The maximum Gasteiger partial charge on any atom is 0.157 e. The van der Waals surface area contributed by atoms with Gasteiger partial charge in [0, 0.05) is 45.6 Å². The van der Waals surface area contributed by atoms with Gasteiger partial charge >= 0.3 is 0 Å². The molecule has 1 aliphatic heterocycles. The van der Waals surface area contributed by atoms with Crippen molar-refractivity contribution in [2.45, 2.75) is 25.9 Å². The zero-order valence-corrected chi connectivity index (χ0v) is 20.1. The highest BCUT2D eigenvalue weighted by atomic mass is 35.5. The number of imidazole rings is 1. The zero-order valence-electron chi connectivity index (χ0n) is 18.6. The number of nitrogens with zero attached hydrogens (tertiary/aromatic N) is 2. The number of hydrogen-bond donors (Lipinski definition) is 3. The first-order chi connectivity index (χ1) is 16.5. The van der Waals surface area contributed by atoms with E-state index in [0.717, 1.165) is 24.1 Å². The van der Waals surface area contributed by atoms with Crippen LogP contribution in [0.15, 0.2) is 54.6 Å². The Morgan fingerprint density at radius 2 is 1.79 bits per heavy atom. The molecule has 5 rings (SSSR count). The first-order valence-electron chi connectivity index (χ1n) is 11.3. The molecule has 2 heterocycles. The highest BCUT2D eigenvalue weighted by Gasteiger charge is 2.17. The molecule has 0 amide bonds. The maximum absolute atomic E-state index is 8.77. The molecule has 0 radical (unpaired) electrons. The highest BCUT2D eigenvalue weighted by molar-refractivity contribution is 6.35. The van der Waals surface area contributed by atoms with Crippen molar-refractivity contribution in [1.29, 1.82) is 5.41 Å². The lowest BCUT2D eigenvalue weighted by molar-refractivity contribution is 0.306. The van der Waals surface area contributed by atoms with Gasteiger partial charge in [-0.15, -0.1) is 0 Å². The number of nitrogens with two attached hydrogens (primary N) is 1. The number of nitrogens with one attached hydrogen (secondary N) is 2. The van der Waals surface area contributed by atoms with E-state index in [1.807, 2.05) is 6.07 Å². The molecule has 4 N–H and O–H groups in total. The van der Waals surface area contributed by atoms with Gasteiger partial charge in [-0.05, 0) is 67.8 Å². The average Bonchev–Trinajstić information content (AvgIpc) is 3.28. The molecule has 4 aromatic rings. The van der Waals surface area contributed by atoms with Crippen LogP contribution >= 0.6 is 23.2 Å². The fourth-order valence-corrected chi connectivity index (χ4v) is 4.77. The first-order valence-corrected chi connectivity index (χ1v) is 12.0. The van der Waals surface area contributed by atoms with Gasteiger partial charge in [-0.2, -0.15) is 0 Å². The van der Waals surface area contributed by atoms with Crippen LogP contribution in [0, 0.1) is 5.41 Å². The maximum atomic E-state index is 8.77. The number of anilines is 2. The topological polar surface area (TPSA) is 91.0 Å². The van der Waals surface area contributed by atoms with Crippen molar-refractivity contribution in [3.63, 3.8) is 0 Å². The van der Waals surface area contributed by atoms with Gasteiger partial charge in [0.25, 0.3) is 0 Å². The largest absolute Gasteiger partial charge is 0.489 e. The average molecular weight is 494 g/mol. The molecule has 1 aliphatic rings. The van der Waals surface area contributed by atoms with Gasteiger partial charge in [0.15, 0.2) is 5.82 Å². The SMILES string of the molecule is N=C(c1nc2ccc(N3CCCCC3)cc2[nH]1)c1cc(OCc2c(Cl)cccc2Cl)ccc1N. The van der Waals surface area contributed by atoms with E-state index in [9.17, 15) is 0 Å². The number of benzene rings is 3. The molecule has 1 aromatic heterocycles. The molecule has 174 valence electrons. The van der Waals surface area contributed by atoms with Crippen LogP contribution in [0.1, 0.15) is 36.2 Å². The smallest absolute Gasteiger partial charge is 0.157 e. The number of fused-ring (bicyclic) bond motifs is 1. The summed E-state index contributed by atoms with van der Waals surface area (Å²) in [5.41, 5.74) is 11.0. The number of ether oxygens (including phenoxy) is 1. The lowest BCUT2D eigenvalue weighted by Gasteiger charge is -2.28. The van der Waals surface area contributed by atoms with Crippen molar-refractivity contribution in [1.82, 2.24) is 9.97 Å². The Kier molecular flexibility index (Phi) is 6.35. The van der Waals surface area contributed by atoms with E-state index in [1.165, 1.54) is 24.9 Å². The molecule has 0 spiro atoms. The zero-order chi connectivity index (χ0) is 23.7. The van der Waals surface area contributed by atoms with E-state index in [0.29, 0.717) is 38.4 Å². The van der Waals surface area contributed by atoms with Crippen molar-refractivity contribution in [2.24, 2.45) is 0 Å². The van der Waals surface area contributed by atoms with Crippen LogP contribution in [-0.2, 0) is 6.61 Å². The number of rotatable bonds is 6. The summed E-state index contributed by atoms with van der Waals surface area (Å²) in [5.74, 6) is 1.03. The fraction of sp³-hybridized carbons (Fsp3) is 0.231. The Morgan fingerprint density at radius 3 is 2.56 bits per heavy atom. The van der Waals surface area contributed by atoms with Crippen LogP contribution < -0.4 is 15.4 Å². The normalized spacial score (nSPS) is 13.9. The molecule has 0 aliphatic carbocycles. The summed E-state index contributed by atoms with van der Waals surface area (Å²) in [7, 11) is 0. The van der Waals surface area contributed by atoms with Gasteiger partial charge in [0.2, 0.25) is 0 Å². The Labute approximate surface area is 208 Å². The molecular formula is C26H25Cl2N5O. The van der Waals surface area contributed by atoms with Gasteiger partial charge < -0.3 is 20.4 Å². The molecule has 1 fully saturated rings. The number of aromatic amines is 1. The van der Waals surface area contributed by atoms with E-state index in [4.69, 9.17) is 39.1 Å². The summed E-state index contributed by atoms with van der Waals surface area (Å²) in [6, 6.07) is 16.8. The Morgan fingerprint density at radius 1 is 1.03 bits per heavy atom. The minimum atomic E-state index is 0.203. The number of piperidine rings is 1. The third-order valence-corrected chi connectivity index (χ3v) is 6.87.